The predicted molar refractivity (Wildman–Crippen MR) is 348 cm³/mol. The summed E-state index contributed by atoms with van der Waals surface area (Å²) in [4.78, 5) is 25.1. The maximum atomic E-state index is 10.4. The molecule has 0 saturated heterocycles. The van der Waals surface area contributed by atoms with Crippen molar-refractivity contribution in [1.29, 1.82) is 0 Å². The Morgan fingerprint density at radius 3 is 1.39 bits per heavy atom. The number of anilines is 5. The van der Waals surface area contributed by atoms with Crippen LogP contribution in [0.5, 0.6) is 11.5 Å². The summed E-state index contributed by atoms with van der Waals surface area (Å²) >= 11 is 13.9. The van der Waals surface area contributed by atoms with Crippen molar-refractivity contribution in [2.45, 2.75) is 18.7 Å². The number of carboxylic acids is 1. The zero-order chi connectivity index (χ0) is 55.2. The van der Waals surface area contributed by atoms with Gasteiger partial charge in [-0.15, -0.1) is 46.6 Å². The van der Waals surface area contributed by atoms with Crippen LogP contribution in [0.1, 0.15) is 21.5 Å². The van der Waals surface area contributed by atoms with Gasteiger partial charge in [0.2, 0.25) is 0 Å². The van der Waals surface area contributed by atoms with E-state index in [0.717, 1.165) is 75.2 Å². The molecule has 11 rings (SSSR count). The number of aromatic hydroxyl groups is 1. The molecule has 0 bridgehead atoms. The van der Waals surface area contributed by atoms with E-state index in [4.69, 9.17) is 20.6 Å². The number of ether oxygens (including phenoxy) is 1. The lowest BCUT2D eigenvalue weighted by molar-refractivity contribution is 0.0697. The van der Waals surface area contributed by atoms with E-state index >= 15 is 0 Å². The number of aromatic carboxylic acids is 1. The molecule has 8 N–H and O–H groups in total. The van der Waals surface area contributed by atoms with Crippen molar-refractivity contribution >= 4 is 157 Å². The number of thiol groups is 1. The number of benzene rings is 8. The van der Waals surface area contributed by atoms with E-state index in [1.54, 1.807) is 103 Å². The number of carboxylic acid groups (broad SMARTS) is 1. The number of halogens is 2. The predicted octanol–water partition coefficient (Wildman–Crippen LogP) is 16.5. The molecule has 18 heteroatoms. The Morgan fingerprint density at radius 2 is 0.974 bits per heavy atom. The van der Waals surface area contributed by atoms with Gasteiger partial charge >= 0.3 is 5.97 Å². The van der Waals surface area contributed by atoms with Crippen molar-refractivity contribution in [3.8, 4) is 43.2 Å². The number of hydrogen-bond donors (Lipinski definition) is 8. The summed E-state index contributed by atoms with van der Waals surface area (Å²) in [6.45, 7) is 4.23. The van der Waals surface area contributed by atoms with Crippen molar-refractivity contribution in [2.24, 2.45) is 0 Å². The molecular formula is C59H56I2N8O4S4. The number of methoxy groups -OCH3 is 1. The van der Waals surface area contributed by atoms with E-state index in [-0.39, 0.29) is 5.75 Å². The van der Waals surface area contributed by atoms with E-state index in [1.165, 1.54) is 38.8 Å². The van der Waals surface area contributed by atoms with Crippen LogP contribution in [0.25, 0.3) is 62.4 Å². The Hall–Kier alpha value is -6.69. The number of thiazole rings is 3. The van der Waals surface area contributed by atoms with Crippen LogP contribution in [0.15, 0.2) is 163 Å². The molecule has 0 amide bonds. The van der Waals surface area contributed by atoms with Crippen molar-refractivity contribution in [1.82, 2.24) is 15.0 Å². The molecule has 0 atom stereocenters. The van der Waals surface area contributed by atoms with Crippen LogP contribution in [-0.4, -0.2) is 66.4 Å². The fourth-order valence-electron chi connectivity index (χ4n) is 7.26. The molecule has 0 aliphatic rings. The number of rotatable bonds is 9. The Labute approximate surface area is 492 Å². The van der Waals surface area contributed by atoms with Gasteiger partial charge in [-0.25, -0.2) is 19.7 Å². The summed E-state index contributed by atoms with van der Waals surface area (Å²) in [7, 11) is 9.18. The number of aromatic nitrogens is 3. The minimum Gasteiger partial charge on any atom is -0.508 e. The van der Waals surface area contributed by atoms with Gasteiger partial charge in [0.15, 0.2) is 0 Å². The van der Waals surface area contributed by atoms with Crippen LogP contribution in [0, 0.1) is 21.0 Å². The lowest BCUT2D eigenvalue weighted by Gasteiger charge is -2.04. The van der Waals surface area contributed by atoms with Crippen LogP contribution in [-0.2, 0) is 0 Å². The summed E-state index contributed by atoms with van der Waals surface area (Å²) in [6.07, 6.45) is 0. The zero-order valence-electron chi connectivity index (χ0n) is 43.1. The molecule has 0 aliphatic carbocycles. The van der Waals surface area contributed by atoms with Crippen LogP contribution in [0.2, 0.25) is 0 Å². The normalized spacial score (nSPS) is 10.4. The molecule has 0 aliphatic heterocycles. The second-order valence-corrected chi connectivity index (χ2v) is 22.8. The zero-order valence-corrected chi connectivity index (χ0v) is 50.7. The fourth-order valence-corrected chi connectivity index (χ4v) is 12.2. The van der Waals surface area contributed by atoms with Crippen LogP contribution < -0.4 is 31.7 Å². The van der Waals surface area contributed by atoms with Crippen LogP contribution in [0.4, 0.5) is 28.4 Å². The first-order valence-corrected chi connectivity index (χ1v) is 28.8. The highest BCUT2D eigenvalue weighted by molar-refractivity contribution is 14.1. The maximum Gasteiger partial charge on any atom is 0.335 e. The molecule has 394 valence electrons. The van der Waals surface area contributed by atoms with E-state index in [2.05, 4.69) is 200 Å². The molecule has 77 heavy (non-hydrogen) atoms. The number of nitrogens with zero attached hydrogens (tertiary/aromatic N) is 3. The minimum absolute atomic E-state index is 0.280. The molecule has 8 aromatic carbocycles. The lowest BCUT2D eigenvalue weighted by atomic mass is 10.2. The summed E-state index contributed by atoms with van der Waals surface area (Å²) < 4.78 is 10.8. The molecule has 0 fully saturated rings. The molecule has 0 saturated carbocycles. The summed E-state index contributed by atoms with van der Waals surface area (Å²) in [5, 5.41) is 33.5. The fraction of sp³-hybridized carbons (Fsp3) is 0.119. The van der Waals surface area contributed by atoms with Gasteiger partial charge < -0.3 is 42.0 Å². The average Bonchev–Trinajstić information content (AvgIpc) is 4.21. The van der Waals surface area contributed by atoms with Crippen molar-refractivity contribution in [3.05, 3.63) is 182 Å². The lowest BCUT2D eigenvalue weighted by Crippen LogP contribution is -1.96. The van der Waals surface area contributed by atoms with Gasteiger partial charge in [0, 0.05) is 85.4 Å². The number of carbonyl (C=O) groups is 1. The Bertz CT molecular complexity index is 3650. The van der Waals surface area contributed by atoms with Gasteiger partial charge in [-0.1, -0.05) is 12.1 Å². The highest BCUT2D eigenvalue weighted by atomic mass is 127. The highest BCUT2D eigenvalue weighted by Gasteiger charge is 2.11. The number of fused-ring (bicyclic) bond motifs is 3. The molecule has 11 aromatic rings. The molecule has 3 aromatic heterocycles. The number of nitrogens with one attached hydrogen (secondary N) is 4. The molecule has 0 spiro atoms. The number of hydrogen-bond acceptors (Lipinski definition) is 15. The summed E-state index contributed by atoms with van der Waals surface area (Å²) in [5.41, 5.74) is 19.9. The third-order valence-electron chi connectivity index (χ3n) is 11.5. The Balaban J connectivity index is 0.000000143. The minimum atomic E-state index is -0.896. The maximum absolute atomic E-state index is 10.4. The number of aryl methyl sites for hydroxylation is 2. The Morgan fingerprint density at radius 1 is 0.545 bits per heavy atom. The molecule has 0 unspecified atom stereocenters. The molecule has 0 radical (unpaired) electrons. The smallest absolute Gasteiger partial charge is 0.335 e. The second kappa shape index (κ2) is 27.6. The number of nitrogen functional groups attached to an aromatic ring is 1. The second-order valence-electron chi connectivity index (χ2n) is 16.9. The first kappa shape index (κ1) is 58.0. The number of nitrogens with two attached hydrogens (primary N) is 1. The summed E-state index contributed by atoms with van der Waals surface area (Å²) in [5.74, 6) is 0.162. The van der Waals surface area contributed by atoms with E-state index < -0.39 is 5.97 Å². The first-order valence-electron chi connectivity index (χ1n) is 23.8. The van der Waals surface area contributed by atoms with Crippen molar-refractivity contribution in [2.75, 3.05) is 62.3 Å². The largest absolute Gasteiger partial charge is 0.508 e. The highest BCUT2D eigenvalue weighted by Crippen LogP contribution is 2.36. The van der Waals surface area contributed by atoms with Crippen molar-refractivity contribution in [3.63, 3.8) is 0 Å². The van der Waals surface area contributed by atoms with Gasteiger partial charge in [-0.05, 0) is 216 Å². The topological polar surface area (TPSA) is 180 Å². The van der Waals surface area contributed by atoms with Crippen molar-refractivity contribution < 1.29 is 19.7 Å². The first-order chi connectivity index (χ1) is 37.1. The quantitative estimate of drug-likeness (QED) is 0.0390. The van der Waals surface area contributed by atoms with E-state index in [1.807, 2.05) is 27.2 Å². The van der Waals surface area contributed by atoms with Gasteiger partial charge in [-0.2, -0.15) is 0 Å². The van der Waals surface area contributed by atoms with Gasteiger partial charge in [-0.3, -0.25) is 0 Å². The number of phenols is 1. The standard InChI is InChI=1S/C15H13IN2S.C15H14N2S.C14H11IN2OS.C8H9NO2.C7H9NOS/c1-9-3-5-13-14(7-9)19-15(18-13)10-4-6-12(17-2)11(16)8-10;1-10-3-8-13-14(9-10)18-15(17-13)11-4-6-12(16-2)7-5-11;1-16-11-4-2-8(6-10(11)15)14-17-12-5-3-9(18)7-13(12)19-14;1-9-7-4-2-6(3-5-7)8(10)11;1-9-5-2-3-6(8)7(10)4-5/h3-8,17H,1-2H3;3-9,16H,1-2H3;2-7,16,18H,1H3;2-5,9H,1H3,(H,10,11);2-4,10H,8H2,1H3. The monoisotopic (exact) mass is 1320 g/mol. The Kier molecular flexibility index (Phi) is 20.8. The third-order valence-corrected chi connectivity index (χ3v) is 16.9. The SMILES string of the molecule is CNc1ccc(-c2nc3ccc(C)cc3s2)cc1.CNc1ccc(-c2nc3ccc(C)cc3s2)cc1I.CNc1ccc(-c2nc3ccc(O)cc3s2)cc1I.CNc1ccc(C(=O)O)cc1.COc1ccc(N)c(S)c1. The number of phenolic OH excluding ortho intramolecular Hbond substituents is 1. The molecular weight excluding hydrogens is 1270 g/mol. The van der Waals surface area contributed by atoms with Crippen LogP contribution >= 0.6 is 91.8 Å². The molecule has 12 nitrogen and oxygen atoms in total. The van der Waals surface area contributed by atoms with Gasteiger partial charge in [0.25, 0.3) is 0 Å². The average molecular weight is 1320 g/mol. The van der Waals surface area contributed by atoms with E-state index in [0.29, 0.717) is 11.3 Å². The van der Waals surface area contributed by atoms with Gasteiger partial charge in [0.05, 0.1) is 43.3 Å². The van der Waals surface area contributed by atoms with Crippen LogP contribution in [0.3, 0.4) is 0 Å². The third kappa shape index (κ3) is 15.7. The van der Waals surface area contributed by atoms with Gasteiger partial charge in [0.1, 0.15) is 26.5 Å². The summed E-state index contributed by atoms with van der Waals surface area (Å²) in [6, 6.07) is 51.0. The van der Waals surface area contributed by atoms with E-state index in [9.17, 15) is 9.90 Å². The molecule has 3 heterocycles.